The van der Waals surface area contributed by atoms with E-state index in [0.29, 0.717) is 35.1 Å². The van der Waals surface area contributed by atoms with Crippen LogP contribution in [0, 0.1) is 6.92 Å². The van der Waals surface area contributed by atoms with Crippen LogP contribution >= 0.6 is 0 Å². The van der Waals surface area contributed by atoms with Crippen LogP contribution in [0.15, 0.2) is 60.7 Å². The maximum absolute atomic E-state index is 11.9. The molecule has 0 amide bonds. The molecule has 0 radical (unpaired) electrons. The van der Waals surface area contributed by atoms with Crippen molar-refractivity contribution < 1.29 is 28.5 Å². The van der Waals surface area contributed by atoms with Crippen molar-refractivity contribution in [2.75, 3.05) is 35.5 Å². The summed E-state index contributed by atoms with van der Waals surface area (Å²) in [5.74, 6) is 2.17. The quantitative estimate of drug-likeness (QED) is 0.284. The first kappa shape index (κ1) is 25.6. The number of esters is 1. The number of rotatable bonds is 9. The van der Waals surface area contributed by atoms with Crippen LogP contribution in [0.4, 0.5) is 0 Å². The topological polar surface area (TPSA) is 81.0 Å². The van der Waals surface area contributed by atoms with Gasteiger partial charge >= 0.3 is 5.97 Å². The Hall–Kier alpha value is -4.46. The molecule has 192 valence electrons. The zero-order valence-electron chi connectivity index (χ0n) is 21.8. The number of carbonyl (C=O) groups excluding carboxylic acids is 1. The van der Waals surface area contributed by atoms with Crippen molar-refractivity contribution in [2.24, 2.45) is 0 Å². The van der Waals surface area contributed by atoms with Crippen molar-refractivity contribution in [3.63, 3.8) is 0 Å². The average Bonchev–Trinajstić information content (AvgIpc) is 3.27. The van der Waals surface area contributed by atoms with Crippen molar-refractivity contribution in [1.82, 2.24) is 9.78 Å². The van der Waals surface area contributed by atoms with Crippen LogP contribution in [-0.4, -0.2) is 51.3 Å². The Morgan fingerprint density at radius 1 is 0.730 bits per heavy atom. The minimum absolute atomic E-state index is 0.372. The maximum atomic E-state index is 11.9. The summed E-state index contributed by atoms with van der Waals surface area (Å²) in [6.07, 6.45) is 0. The SMILES string of the molecule is COC(=O)c1ccc(Cn2nc(-c3ccc(OC)c(OC)c3)c(C)c2-c2ccc(OC)c(OC)c2)cc1. The van der Waals surface area contributed by atoms with Gasteiger partial charge in [0.15, 0.2) is 23.0 Å². The highest BCUT2D eigenvalue weighted by Gasteiger charge is 2.20. The third kappa shape index (κ3) is 5.09. The molecule has 8 nitrogen and oxygen atoms in total. The maximum Gasteiger partial charge on any atom is 0.337 e. The van der Waals surface area contributed by atoms with E-state index < -0.39 is 0 Å². The lowest BCUT2D eigenvalue weighted by Crippen LogP contribution is -2.06. The summed E-state index contributed by atoms with van der Waals surface area (Å²) in [5.41, 5.74) is 6.05. The van der Waals surface area contributed by atoms with E-state index in [2.05, 4.69) is 0 Å². The van der Waals surface area contributed by atoms with Crippen LogP contribution in [0.1, 0.15) is 21.5 Å². The van der Waals surface area contributed by atoms with Gasteiger partial charge in [0, 0.05) is 16.7 Å². The molecule has 3 aromatic carbocycles. The van der Waals surface area contributed by atoms with Gasteiger partial charge in [-0.3, -0.25) is 4.68 Å². The molecule has 4 aromatic rings. The molecule has 8 heteroatoms. The zero-order valence-corrected chi connectivity index (χ0v) is 21.8. The van der Waals surface area contributed by atoms with E-state index in [1.54, 1.807) is 40.6 Å². The monoisotopic (exact) mass is 502 g/mol. The molecule has 0 aliphatic rings. The highest BCUT2D eigenvalue weighted by Crippen LogP contribution is 2.39. The largest absolute Gasteiger partial charge is 0.493 e. The van der Waals surface area contributed by atoms with E-state index in [-0.39, 0.29) is 5.97 Å². The van der Waals surface area contributed by atoms with E-state index in [1.165, 1.54) is 7.11 Å². The Labute approximate surface area is 216 Å². The standard InChI is InChI=1S/C29H30N2O6/c1-18-27(21-11-13-23(33-2)25(15-21)35-4)30-31(17-19-7-9-20(10-8-19)29(32)37-6)28(18)22-12-14-24(34-3)26(16-22)36-5/h7-16H,17H2,1-6H3. The zero-order chi connectivity index (χ0) is 26.5. The smallest absolute Gasteiger partial charge is 0.337 e. The molecule has 37 heavy (non-hydrogen) atoms. The molecule has 0 saturated heterocycles. The van der Waals surface area contributed by atoms with Crippen LogP contribution in [0.3, 0.4) is 0 Å². The van der Waals surface area contributed by atoms with Crippen LogP contribution < -0.4 is 18.9 Å². The first-order valence-corrected chi connectivity index (χ1v) is 11.6. The van der Waals surface area contributed by atoms with Crippen LogP contribution in [0.2, 0.25) is 0 Å². The predicted molar refractivity (Wildman–Crippen MR) is 141 cm³/mol. The summed E-state index contributed by atoms with van der Waals surface area (Å²) in [6, 6.07) is 18.9. The molecule has 4 rings (SSSR count). The lowest BCUT2D eigenvalue weighted by atomic mass is 10.0. The fraction of sp³-hybridized carbons (Fsp3) is 0.241. The molecule has 1 aromatic heterocycles. The average molecular weight is 503 g/mol. The lowest BCUT2D eigenvalue weighted by molar-refractivity contribution is 0.0600. The van der Waals surface area contributed by atoms with E-state index in [4.69, 9.17) is 28.8 Å². The number of ether oxygens (including phenoxy) is 5. The van der Waals surface area contributed by atoms with Crippen molar-refractivity contribution in [2.45, 2.75) is 13.5 Å². The number of hydrogen-bond acceptors (Lipinski definition) is 7. The van der Waals surface area contributed by atoms with Gasteiger partial charge in [0.25, 0.3) is 0 Å². The number of hydrogen-bond donors (Lipinski definition) is 0. The van der Waals surface area contributed by atoms with Crippen LogP contribution in [0.25, 0.3) is 22.5 Å². The number of aromatic nitrogens is 2. The molecule has 0 fully saturated rings. The van der Waals surface area contributed by atoms with Crippen LogP contribution in [0.5, 0.6) is 23.0 Å². The van der Waals surface area contributed by atoms with Gasteiger partial charge in [-0.2, -0.15) is 5.10 Å². The summed E-state index contributed by atoms with van der Waals surface area (Å²) in [5, 5.41) is 5.01. The van der Waals surface area contributed by atoms with Crippen molar-refractivity contribution in [3.05, 3.63) is 77.4 Å². The molecule has 1 heterocycles. The predicted octanol–water partition coefficient (Wildman–Crippen LogP) is 5.39. The summed E-state index contributed by atoms with van der Waals surface area (Å²) in [7, 11) is 7.82. The second kappa shape index (κ2) is 11.1. The summed E-state index contributed by atoms with van der Waals surface area (Å²) in [6.45, 7) is 2.53. The number of nitrogens with zero attached hydrogens (tertiary/aromatic N) is 2. The normalized spacial score (nSPS) is 10.6. The Kier molecular flexibility index (Phi) is 7.67. The van der Waals surface area contributed by atoms with E-state index in [1.807, 2.05) is 60.1 Å². The third-order valence-electron chi connectivity index (χ3n) is 6.21. The minimum atomic E-state index is -0.372. The first-order chi connectivity index (χ1) is 17.9. The van der Waals surface area contributed by atoms with Gasteiger partial charge in [-0.15, -0.1) is 0 Å². The number of benzene rings is 3. The molecule has 0 unspecified atom stereocenters. The van der Waals surface area contributed by atoms with Crippen molar-refractivity contribution >= 4 is 5.97 Å². The summed E-state index contributed by atoms with van der Waals surface area (Å²) >= 11 is 0. The molecule has 0 aliphatic carbocycles. The molecular formula is C29H30N2O6. The van der Waals surface area contributed by atoms with Gasteiger partial charge in [-0.25, -0.2) is 4.79 Å². The van der Waals surface area contributed by atoms with E-state index in [9.17, 15) is 4.79 Å². The Balaban J connectivity index is 1.85. The fourth-order valence-corrected chi connectivity index (χ4v) is 4.31. The first-order valence-electron chi connectivity index (χ1n) is 11.6. The van der Waals surface area contributed by atoms with E-state index >= 15 is 0 Å². The van der Waals surface area contributed by atoms with E-state index in [0.717, 1.165) is 33.6 Å². The van der Waals surface area contributed by atoms with Gasteiger partial charge in [0.2, 0.25) is 0 Å². The third-order valence-corrected chi connectivity index (χ3v) is 6.21. The fourth-order valence-electron chi connectivity index (χ4n) is 4.31. The molecule has 0 atom stereocenters. The molecule has 0 N–H and O–H groups in total. The van der Waals surface area contributed by atoms with Gasteiger partial charge in [0.05, 0.1) is 59.0 Å². The van der Waals surface area contributed by atoms with Gasteiger partial charge in [-0.1, -0.05) is 12.1 Å². The lowest BCUT2D eigenvalue weighted by Gasteiger charge is -2.13. The molecule has 0 spiro atoms. The Bertz CT molecular complexity index is 1410. The highest BCUT2D eigenvalue weighted by atomic mass is 16.5. The van der Waals surface area contributed by atoms with Gasteiger partial charge in [-0.05, 0) is 61.0 Å². The Morgan fingerprint density at radius 3 is 1.81 bits per heavy atom. The summed E-state index contributed by atoms with van der Waals surface area (Å²) in [4.78, 5) is 11.9. The number of carbonyl (C=O) groups is 1. The Morgan fingerprint density at radius 2 is 1.27 bits per heavy atom. The molecule has 0 bridgehead atoms. The highest BCUT2D eigenvalue weighted by molar-refractivity contribution is 5.89. The second-order valence-electron chi connectivity index (χ2n) is 8.31. The minimum Gasteiger partial charge on any atom is -0.493 e. The van der Waals surface area contributed by atoms with Crippen LogP contribution in [-0.2, 0) is 11.3 Å². The van der Waals surface area contributed by atoms with Crippen molar-refractivity contribution in [3.8, 4) is 45.5 Å². The van der Waals surface area contributed by atoms with Gasteiger partial charge in [0.1, 0.15) is 0 Å². The molecular weight excluding hydrogens is 472 g/mol. The summed E-state index contributed by atoms with van der Waals surface area (Å²) < 4.78 is 28.7. The molecule has 0 aliphatic heterocycles. The second-order valence-corrected chi connectivity index (χ2v) is 8.31. The molecule has 0 saturated carbocycles. The van der Waals surface area contributed by atoms with Gasteiger partial charge < -0.3 is 23.7 Å². The number of methoxy groups -OCH3 is 5. The van der Waals surface area contributed by atoms with Crippen molar-refractivity contribution in [1.29, 1.82) is 0 Å².